The highest BCUT2D eigenvalue weighted by Crippen LogP contribution is 2.22. The number of aliphatic hydroxyl groups is 1. The summed E-state index contributed by atoms with van der Waals surface area (Å²) >= 11 is 0. The van der Waals surface area contributed by atoms with E-state index >= 15 is 0 Å². The Bertz CT molecular complexity index is 293. The van der Waals surface area contributed by atoms with Crippen molar-refractivity contribution in [3.63, 3.8) is 0 Å². The summed E-state index contributed by atoms with van der Waals surface area (Å²) in [7, 11) is 0. The number of nitrogens with zero attached hydrogens (tertiary/aromatic N) is 2. The molecule has 5 heteroatoms. The van der Waals surface area contributed by atoms with Gasteiger partial charge in [-0.3, -0.25) is 9.80 Å². The fourth-order valence-electron chi connectivity index (χ4n) is 2.87. The lowest BCUT2D eigenvalue weighted by atomic mass is 9.98. The number of rotatable bonds is 3. The molecule has 2 N–H and O–H groups in total. The van der Waals surface area contributed by atoms with Gasteiger partial charge in [-0.05, 0) is 26.3 Å². The molecular formula is C12H22N2O3. The van der Waals surface area contributed by atoms with E-state index in [1.165, 1.54) is 32.7 Å². The molecule has 17 heavy (non-hydrogen) atoms. The molecule has 2 aliphatic heterocycles. The molecule has 0 aromatic rings. The van der Waals surface area contributed by atoms with Crippen LogP contribution in [0.25, 0.3) is 0 Å². The van der Waals surface area contributed by atoms with Crippen LogP contribution in [0.1, 0.15) is 26.2 Å². The Balaban J connectivity index is 1.89. The van der Waals surface area contributed by atoms with Gasteiger partial charge >= 0.3 is 5.97 Å². The Morgan fingerprint density at radius 3 is 2.82 bits per heavy atom. The van der Waals surface area contributed by atoms with Crippen LogP contribution in [0.5, 0.6) is 0 Å². The largest absolute Gasteiger partial charge is 0.479 e. The summed E-state index contributed by atoms with van der Waals surface area (Å²) in [6.07, 6.45) is 3.75. The number of carboxylic acids is 1. The lowest BCUT2D eigenvalue weighted by Gasteiger charge is -2.45. The van der Waals surface area contributed by atoms with Gasteiger partial charge in [-0.1, -0.05) is 6.42 Å². The third-order valence-corrected chi connectivity index (χ3v) is 3.91. The van der Waals surface area contributed by atoms with Gasteiger partial charge < -0.3 is 10.2 Å². The maximum atomic E-state index is 10.9. The number of fused-ring (bicyclic) bond motifs is 1. The molecule has 2 atom stereocenters. The maximum Gasteiger partial charge on any atom is 0.336 e. The summed E-state index contributed by atoms with van der Waals surface area (Å²) in [5, 5.41) is 18.7. The van der Waals surface area contributed by atoms with Crippen molar-refractivity contribution in [2.45, 2.75) is 37.8 Å². The molecule has 98 valence electrons. The van der Waals surface area contributed by atoms with Crippen molar-refractivity contribution in [1.29, 1.82) is 0 Å². The molecule has 2 saturated heterocycles. The first kappa shape index (κ1) is 12.8. The van der Waals surface area contributed by atoms with E-state index in [1.54, 1.807) is 0 Å². The van der Waals surface area contributed by atoms with E-state index in [4.69, 9.17) is 5.11 Å². The van der Waals surface area contributed by atoms with Gasteiger partial charge in [-0.25, -0.2) is 4.79 Å². The van der Waals surface area contributed by atoms with Crippen LogP contribution >= 0.6 is 0 Å². The minimum Gasteiger partial charge on any atom is -0.479 e. The molecule has 2 unspecified atom stereocenters. The van der Waals surface area contributed by atoms with E-state index in [-0.39, 0.29) is 6.54 Å². The number of piperazine rings is 1. The molecule has 0 aliphatic carbocycles. The van der Waals surface area contributed by atoms with Crippen molar-refractivity contribution in [3.05, 3.63) is 0 Å². The van der Waals surface area contributed by atoms with Crippen LogP contribution in [-0.2, 0) is 4.79 Å². The SMILES string of the molecule is CC(O)(CN1CCN2CCCCC2C1)C(=O)O. The third kappa shape index (κ3) is 2.97. The number of hydrogen-bond donors (Lipinski definition) is 2. The predicted molar refractivity (Wildman–Crippen MR) is 63.9 cm³/mol. The van der Waals surface area contributed by atoms with Crippen LogP contribution in [0, 0.1) is 0 Å². The van der Waals surface area contributed by atoms with Gasteiger partial charge in [0.25, 0.3) is 0 Å². The van der Waals surface area contributed by atoms with Gasteiger partial charge in [0.05, 0.1) is 0 Å². The summed E-state index contributed by atoms with van der Waals surface area (Å²) in [6, 6.07) is 0.557. The summed E-state index contributed by atoms with van der Waals surface area (Å²) in [5.41, 5.74) is -1.63. The second kappa shape index (κ2) is 4.92. The third-order valence-electron chi connectivity index (χ3n) is 3.91. The number of aliphatic carboxylic acids is 1. The zero-order valence-corrected chi connectivity index (χ0v) is 10.4. The molecule has 0 saturated carbocycles. The Kier molecular flexibility index (Phi) is 3.70. The normalized spacial score (nSPS) is 30.6. The average molecular weight is 242 g/mol. The van der Waals surface area contributed by atoms with Crippen LogP contribution in [0.3, 0.4) is 0 Å². The zero-order chi connectivity index (χ0) is 12.5. The lowest BCUT2D eigenvalue weighted by Crippen LogP contribution is -2.58. The highest BCUT2D eigenvalue weighted by Gasteiger charge is 2.36. The highest BCUT2D eigenvalue weighted by atomic mass is 16.4. The van der Waals surface area contributed by atoms with E-state index in [0.29, 0.717) is 6.04 Å². The minimum absolute atomic E-state index is 0.229. The zero-order valence-electron chi connectivity index (χ0n) is 10.4. The Labute approximate surface area is 102 Å². The van der Waals surface area contributed by atoms with Gasteiger partial charge in [0.1, 0.15) is 0 Å². The van der Waals surface area contributed by atoms with Crippen LogP contribution in [0.4, 0.5) is 0 Å². The molecule has 0 radical (unpaired) electrons. The lowest BCUT2D eigenvalue weighted by molar-refractivity contribution is -0.159. The molecule has 2 aliphatic rings. The molecule has 2 heterocycles. The van der Waals surface area contributed by atoms with Gasteiger partial charge in [-0.15, -0.1) is 0 Å². The first-order valence-corrected chi connectivity index (χ1v) is 6.41. The van der Waals surface area contributed by atoms with E-state index < -0.39 is 11.6 Å². The Morgan fingerprint density at radius 1 is 1.35 bits per heavy atom. The first-order chi connectivity index (χ1) is 7.99. The second-order valence-electron chi connectivity index (χ2n) is 5.50. The first-order valence-electron chi connectivity index (χ1n) is 6.41. The van der Waals surface area contributed by atoms with Crippen LogP contribution < -0.4 is 0 Å². The van der Waals surface area contributed by atoms with Gasteiger partial charge in [0.15, 0.2) is 5.60 Å². The molecule has 0 spiro atoms. The van der Waals surface area contributed by atoms with Crippen molar-refractivity contribution in [1.82, 2.24) is 9.80 Å². The number of carboxylic acid groups (broad SMARTS) is 1. The second-order valence-corrected chi connectivity index (χ2v) is 5.50. The van der Waals surface area contributed by atoms with E-state index in [2.05, 4.69) is 9.80 Å². The molecular weight excluding hydrogens is 220 g/mol. The fraction of sp³-hybridized carbons (Fsp3) is 0.917. The summed E-state index contributed by atoms with van der Waals surface area (Å²) in [5.74, 6) is -1.14. The Morgan fingerprint density at radius 2 is 2.12 bits per heavy atom. The van der Waals surface area contributed by atoms with Gasteiger partial charge in [0.2, 0.25) is 0 Å². The van der Waals surface area contributed by atoms with E-state index in [9.17, 15) is 9.90 Å². The fourth-order valence-corrected chi connectivity index (χ4v) is 2.87. The molecule has 0 aromatic carbocycles. The van der Waals surface area contributed by atoms with Crippen molar-refractivity contribution >= 4 is 5.97 Å². The highest BCUT2D eigenvalue weighted by molar-refractivity contribution is 5.76. The topological polar surface area (TPSA) is 64.0 Å². The minimum atomic E-state index is -1.63. The number of piperidine rings is 1. The monoisotopic (exact) mass is 242 g/mol. The average Bonchev–Trinajstić information content (AvgIpc) is 2.28. The molecule has 2 fully saturated rings. The molecule has 0 amide bonds. The molecule has 5 nitrogen and oxygen atoms in total. The van der Waals surface area contributed by atoms with Crippen molar-refractivity contribution < 1.29 is 15.0 Å². The van der Waals surface area contributed by atoms with Crippen LogP contribution in [0.2, 0.25) is 0 Å². The van der Waals surface area contributed by atoms with Crippen LogP contribution in [0.15, 0.2) is 0 Å². The summed E-state index contributed by atoms with van der Waals surface area (Å²) in [4.78, 5) is 15.5. The maximum absolute atomic E-state index is 10.9. The molecule has 0 aromatic heterocycles. The molecule has 0 bridgehead atoms. The molecule has 2 rings (SSSR count). The van der Waals surface area contributed by atoms with Crippen molar-refractivity contribution in [2.24, 2.45) is 0 Å². The van der Waals surface area contributed by atoms with Crippen LogP contribution in [-0.4, -0.2) is 70.3 Å². The summed E-state index contributed by atoms with van der Waals surface area (Å²) in [6.45, 7) is 5.53. The Hall–Kier alpha value is -0.650. The standard InChI is InChI=1S/C12H22N2O3/c1-12(17,11(15)16)9-13-6-7-14-5-3-2-4-10(14)8-13/h10,17H,2-9H2,1H3,(H,15,16). The number of carbonyl (C=O) groups is 1. The number of hydrogen-bond acceptors (Lipinski definition) is 4. The number of β-amino-alcohol motifs (C(OH)–C–C–N with tert-alkyl or cyclic N) is 1. The van der Waals surface area contributed by atoms with Crippen molar-refractivity contribution in [2.75, 3.05) is 32.7 Å². The van der Waals surface area contributed by atoms with E-state index in [1.807, 2.05) is 0 Å². The van der Waals surface area contributed by atoms with Gasteiger partial charge in [-0.2, -0.15) is 0 Å². The predicted octanol–water partition coefficient (Wildman–Crippen LogP) is -0.00790. The van der Waals surface area contributed by atoms with E-state index in [0.717, 1.165) is 19.6 Å². The summed E-state index contributed by atoms with van der Waals surface area (Å²) < 4.78 is 0. The smallest absolute Gasteiger partial charge is 0.336 e. The quantitative estimate of drug-likeness (QED) is 0.729. The van der Waals surface area contributed by atoms with Crippen molar-refractivity contribution in [3.8, 4) is 0 Å². The van der Waals surface area contributed by atoms with Gasteiger partial charge in [0, 0.05) is 32.2 Å².